The number of rotatable bonds is 9. The Labute approximate surface area is 98.3 Å². The molecule has 0 saturated carbocycles. The van der Waals surface area contributed by atoms with E-state index in [1.54, 1.807) is 14.2 Å². The number of aliphatic hydroxyl groups excluding tert-OH is 1. The fourth-order valence-electron chi connectivity index (χ4n) is 1.04. The van der Waals surface area contributed by atoms with Gasteiger partial charge in [0.1, 0.15) is 12.4 Å². The van der Waals surface area contributed by atoms with Crippen LogP contribution in [0.3, 0.4) is 0 Å². The molecule has 0 aromatic heterocycles. The zero-order chi connectivity index (χ0) is 12.8. The number of hydrogen-bond donors (Lipinski definition) is 1. The first-order chi connectivity index (χ1) is 7.74. The van der Waals surface area contributed by atoms with Gasteiger partial charge in [-0.3, -0.25) is 4.90 Å². The highest BCUT2D eigenvalue weighted by Crippen LogP contribution is 1.91. The van der Waals surface area contributed by atoms with E-state index in [9.17, 15) is 4.79 Å². The number of ether oxygens (including phenoxy) is 2. The van der Waals surface area contributed by atoms with Gasteiger partial charge in [0, 0.05) is 33.9 Å². The lowest BCUT2D eigenvalue weighted by molar-refractivity contribution is -0.115. The van der Waals surface area contributed by atoms with Crippen molar-refractivity contribution in [3.63, 3.8) is 0 Å². The van der Waals surface area contributed by atoms with E-state index >= 15 is 0 Å². The summed E-state index contributed by atoms with van der Waals surface area (Å²) < 4.78 is 9.83. The van der Waals surface area contributed by atoms with Gasteiger partial charge in [-0.1, -0.05) is 13.8 Å². The molecule has 5 nitrogen and oxygen atoms in total. The number of carbonyl (C=O) groups excluding carboxylic acids is 1. The molecule has 0 aromatic rings. The zero-order valence-corrected chi connectivity index (χ0v) is 10.8. The first-order valence-electron chi connectivity index (χ1n) is 5.58. The molecule has 0 aliphatic rings. The molecular weight excluding hydrogens is 210 g/mol. The summed E-state index contributed by atoms with van der Waals surface area (Å²) in [5, 5.41) is 9.14. The third-order valence-electron chi connectivity index (χ3n) is 1.83. The maximum atomic E-state index is 10.2. The largest absolute Gasteiger partial charge is 0.384 e. The molecule has 1 atom stereocenters. The van der Waals surface area contributed by atoms with Gasteiger partial charge >= 0.3 is 0 Å². The van der Waals surface area contributed by atoms with Crippen LogP contribution < -0.4 is 0 Å². The van der Waals surface area contributed by atoms with Crippen molar-refractivity contribution < 1.29 is 19.4 Å². The second kappa shape index (κ2) is 14.5. The fraction of sp³-hybridized carbons (Fsp3) is 0.909. The van der Waals surface area contributed by atoms with Crippen LogP contribution in [0, 0.1) is 0 Å². The second-order valence-electron chi connectivity index (χ2n) is 2.99. The Bertz CT molecular complexity index is 136. The Hall–Kier alpha value is -0.490. The average molecular weight is 235 g/mol. The second-order valence-corrected chi connectivity index (χ2v) is 2.99. The van der Waals surface area contributed by atoms with Gasteiger partial charge in [-0.15, -0.1) is 0 Å². The summed E-state index contributed by atoms with van der Waals surface area (Å²) in [5.41, 5.74) is 0. The van der Waals surface area contributed by atoms with Crippen molar-refractivity contribution in [2.45, 2.75) is 20.0 Å². The summed E-state index contributed by atoms with van der Waals surface area (Å²) in [4.78, 5) is 12.2. The highest BCUT2D eigenvalue weighted by Gasteiger charge is 2.09. The molecule has 0 radical (unpaired) electrons. The smallest absolute Gasteiger partial charge is 0.149 e. The van der Waals surface area contributed by atoms with Crippen LogP contribution in [0.1, 0.15) is 13.8 Å². The first-order valence-corrected chi connectivity index (χ1v) is 5.58. The van der Waals surface area contributed by atoms with Crippen LogP contribution in [0.4, 0.5) is 0 Å². The lowest BCUT2D eigenvalue weighted by Gasteiger charge is -2.22. The Balaban J connectivity index is 0. The molecule has 0 aromatic carbocycles. The van der Waals surface area contributed by atoms with E-state index in [4.69, 9.17) is 14.6 Å². The van der Waals surface area contributed by atoms with Gasteiger partial charge in [0.15, 0.2) is 0 Å². The van der Waals surface area contributed by atoms with Crippen molar-refractivity contribution in [1.29, 1.82) is 0 Å². The molecule has 0 saturated heterocycles. The van der Waals surface area contributed by atoms with E-state index < -0.39 is 6.10 Å². The van der Waals surface area contributed by atoms with Gasteiger partial charge in [0.25, 0.3) is 0 Å². The summed E-state index contributed by atoms with van der Waals surface area (Å²) in [5.74, 6) is 0. The van der Waals surface area contributed by atoms with E-state index in [0.29, 0.717) is 39.1 Å². The van der Waals surface area contributed by atoms with Crippen LogP contribution in [0.5, 0.6) is 0 Å². The highest BCUT2D eigenvalue weighted by molar-refractivity contribution is 5.55. The molecule has 98 valence electrons. The molecule has 0 aliphatic heterocycles. The van der Waals surface area contributed by atoms with Crippen molar-refractivity contribution >= 4 is 6.29 Å². The molecule has 1 unspecified atom stereocenters. The molecule has 0 rings (SSSR count). The Kier molecular flexibility index (Phi) is 16.2. The maximum Gasteiger partial charge on any atom is 0.149 e. The lowest BCUT2D eigenvalue weighted by Crippen LogP contribution is -2.37. The van der Waals surface area contributed by atoms with Crippen molar-refractivity contribution in [1.82, 2.24) is 4.90 Å². The summed E-state index contributed by atoms with van der Waals surface area (Å²) in [6.07, 6.45) is -0.393. The topological polar surface area (TPSA) is 59.0 Å². The maximum absolute atomic E-state index is 10.2. The van der Waals surface area contributed by atoms with E-state index in [2.05, 4.69) is 0 Å². The molecule has 1 N–H and O–H groups in total. The Morgan fingerprint density at radius 3 is 1.94 bits per heavy atom. The van der Waals surface area contributed by atoms with Crippen molar-refractivity contribution in [3.05, 3.63) is 0 Å². The molecule has 16 heavy (non-hydrogen) atoms. The zero-order valence-electron chi connectivity index (χ0n) is 10.8. The number of methoxy groups -OCH3 is 2. The van der Waals surface area contributed by atoms with Crippen molar-refractivity contribution in [3.8, 4) is 0 Å². The fourth-order valence-corrected chi connectivity index (χ4v) is 1.04. The Morgan fingerprint density at radius 2 is 1.62 bits per heavy atom. The summed E-state index contributed by atoms with van der Waals surface area (Å²) in [6.45, 7) is 6.86. The van der Waals surface area contributed by atoms with Crippen molar-refractivity contribution in [2.24, 2.45) is 0 Å². The van der Waals surface area contributed by atoms with Crippen LogP contribution in [0.2, 0.25) is 0 Å². The predicted octanol–water partition coefficient (Wildman–Crippen LogP) is 0.167. The molecule has 0 spiro atoms. The lowest BCUT2D eigenvalue weighted by atomic mass is 10.3. The summed E-state index contributed by atoms with van der Waals surface area (Å²) in [6, 6.07) is 0. The summed E-state index contributed by atoms with van der Waals surface area (Å²) in [7, 11) is 3.23. The van der Waals surface area contributed by atoms with Crippen LogP contribution in [-0.2, 0) is 14.3 Å². The van der Waals surface area contributed by atoms with Gasteiger partial charge in [0.05, 0.1) is 13.2 Å². The van der Waals surface area contributed by atoms with E-state index in [0.717, 1.165) is 0 Å². The van der Waals surface area contributed by atoms with E-state index in [1.807, 2.05) is 18.7 Å². The molecular formula is C11H25NO4. The quantitative estimate of drug-likeness (QED) is 0.577. The van der Waals surface area contributed by atoms with Gasteiger partial charge in [-0.05, 0) is 0 Å². The number of aliphatic hydroxyl groups is 1. The van der Waals surface area contributed by atoms with Crippen molar-refractivity contribution in [2.75, 3.05) is 47.1 Å². The minimum atomic E-state index is -0.927. The van der Waals surface area contributed by atoms with Gasteiger partial charge < -0.3 is 19.4 Å². The number of carbonyl (C=O) groups is 1. The van der Waals surface area contributed by atoms with Gasteiger partial charge in [0.2, 0.25) is 0 Å². The Morgan fingerprint density at radius 1 is 1.19 bits per heavy atom. The molecule has 0 amide bonds. The minimum Gasteiger partial charge on any atom is -0.384 e. The monoisotopic (exact) mass is 235 g/mol. The van der Waals surface area contributed by atoms with Gasteiger partial charge in [-0.2, -0.15) is 0 Å². The normalized spacial score (nSPS) is 11.9. The molecule has 0 heterocycles. The first kappa shape index (κ1) is 17.9. The third-order valence-corrected chi connectivity index (χ3v) is 1.83. The van der Waals surface area contributed by atoms with Gasteiger partial charge in [-0.25, -0.2) is 0 Å². The predicted molar refractivity (Wildman–Crippen MR) is 63.6 cm³/mol. The number of hydrogen-bond acceptors (Lipinski definition) is 5. The highest BCUT2D eigenvalue weighted by atomic mass is 16.5. The molecule has 5 heteroatoms. The number of aldehydes is 1. The minimum absolute atomic E-state index is 0.330. The standard InChI is InChI=1S/C9H19NO4.C2H6/c1-13-5-3-10(4-6-14-2)7-9(12)8-11;1-2/h8-9,12H,3-7H2,1-2H3;1-2H3. The van der Waals surface area contributed by atoms with Crippen LogP contribution in [0.25, 0.3) is 0 Å². The van der Waals surface area contributed by atoms with Crippen LogP contribution >= 0.6 is 0 Å². The van der Waals surface area contributed by atoms with E-state index in [-0.39, 0.29) is 0 Å². The molecule has 0 bridgehead atoms. The van der Waals surface area contributed by atoms with Crippen LogP contribution in [-0.4, -0.2) is 69.5 Å². The average Bonchev–Trinajstić information content (AvgIpc) is 2.34. The third kappa shape index (κ3) is 11.6. The SMILES string of the molecule is CC.COCCN(CCOC)CC(O)C=O. The van der Waals surface area contributed by atoms with E-state index in [1.165, 1.54) is 0 Å². The molecule has 0 fully saturated rings. The number of nitrogens with zero attached hydrogens (tertiary/aromatic N) is 1. The summed E-state index contributed by atoms with van der Waals surface area (Å²) >= 11 is 0. The van der Waals surface area contributed by atoms with Crippen LogP contribution in [0.15, 0.2) is 0 Å². The molecule has 0 aliphatic carbocycles.